The molecule has 0 aliphatic heterocycles. The van der Waals surface area contributed by atoms with Gasteiger partial charge in [-0.2, -0.15) is 0 Å². The van der Waals surface area contributed by atoms with Crippen LogP contribution < -0.4 is 5.32 Å². The molecular formula is C15H18N2O2. The number of rotatable bonds is 5. The minimum Gasteiger partial charge on any atom is -0.361 e. The molecule has 2 rings (SSSR count). The maximum atomic E-state index is 11.9. The molecule has 0 aliphatic carbocycles. The van der Waals surface area contributed by atoms with Crippen LogP contribution in [0.4, 0.5) is 0 Å². The van der Waals surface area contributed by atoms with Gasteiger partial charge in [0.25, 0.3) is 5.91 Å². The summed E-state index contributed by atoms with van der Waals surface area (Å²) in [7, 11) is 0. The predicted molar refractivity (Wildman–Crippen MR) is 72.7 cm³/mol. The number of nitrogens with zero attached hydrogens (tertiary/aromatic N) is 1. The summed E-state index contributed by atoms with van der Waals surface area (Å²) in [6.07, 6.45) is 0.791. The molecule has 0 atom stereocenters. The van der Waals surface area contributed by atoms with Crippen LogP contribution in [0.2, 0.25) is 0 Å². The van der Waals surface area contributed by atoms with Gasteiger partial charge in [0, 0.05) is 19.0 Å². The second kappa shape index (κ2) is 6.18. The van der Waals surface area contributed by atoms with Crippen LogP contribution in [0.25, 0.3) is 0 Å². The lowest BCUT2D eigenvalue weighted by molar-refractivity contribution is 0.0941. The van der Waals surface area contributed by atoms with E-state index in [2.05, 4.69) is 24.3 Å². The lowest BCUT2D eigenvalue weighted by atomic mass is 10.1. The Bertz CT molecular complexity index is 532. The van der Waals surface area contributed by atoms with E-state index in [-0.39, 0.29) is 5.91 Å². The highest BCUT2D eigenvalue weighted by atomic mass is 16.5. The minimum absolute atomic E-state index is 0.206. The second-order valence-electron chi connectivity index (χ2n) is 4.94. The largest absolute Gasteiger partial charge is 0.361 e. The van der Waals surface area contributed by atoms with Gasteiger partial charge in [0.05, 0.1) is 0 Å². The highest BCUT2D eigenvalue weighted by Gasteiger charge is 2.12. The molecule has 1 N–H and O–H groups in total. The third kappa shape index (κ3) is 3.95. The fourth-order valence-corrected chi connectivity index (χ4v) is 1.79. The van der Waals surface area contributed by atoms with E-state index in [1.54, 1.807) is 6.07 Å². The van der Waals surface area contributed by atoms with Gasteiger partial charge in [0.15, 0.2) is 5.69 Å². The predicted octanol–water partition coefficient (Wildman–Crippen LogP) is 2.80. The van der Waals surface area contributed by atoms with Crippen molar-refractivity contribution in [3.05, 3.63) is 53.4 Å². The zero-order chi connectivity index (χ0) is 13.7. The molecule has 4 nitrogen and oxygen atoms in total. The number of benzene rings is 1. The molecule has 1 amide bonds. The van der Waals surface area contributed by atoms with Crippen LogP contribution in [0.1, 0.15) is 35.7 Å². The molecule has 0 aliphatic rings. The van der Waals surface area contributed by atoms with Crippen LogP contribution in [0.5, 0.6) is 0 Å². The van der Waals surface area contributed by atoms with Crippen LogP contribution in [-0.2, 0) is 13.0 Å². The SMILES string of the molecule is CC(C)Cc1cc(C(=O)NCc2ccccc2)no1. The van der Waals surface area contributed by atoms with E-state index in [1.165, 1.54) is 0 Å². The molecule has 0 radical (unpaired) electrons. The van der Waals surface area contributed by atoms with E-state index in [0.717, 1.165) is 17.7 Å². The van der Waals surface area contributed by atoms with Gasteiger partial charge in [-0.25, -0.2) is 0 Å². The van der Waals surface area contributed by atoms with Crippen molar-refractivity contribution >= 4 is 5.91 Å². The first-order valence-corrected chi connectivity index (χ1v) is 6.43. The fraction of sp³-hybridized carbons (Fsp3) is 0.333. The number of carbonyl (C=O) groups is 1. The monoisotopic (exact) mass is 258 g/mol. The average Bonchev–Trinajstić information content (AvgIpc) is 2.85. The number of carbonyl (C=O) groups excluding carboxylic acids is 1. The second-order valence-corrected chi connectivity index (χ2v) is 4.94. The van der Waals surface area contributed by atoms with Crippen molar-refractivity contribution in [2.24, 2.45) is 5.92 Å². The van der Waals surface area contributed by atoms with Gasteiger partial charge in [-0.05, 0) is 11.5 Å². The van der Waals surface area contributed by atoms with E-state index in [4.69, 9.17) is 4.52 Å². The Morgan fingerprint density at radius 1 is 1.32 bits per heavy atom. The van der Waals surface area contributed by atoms with Crippen molar-refractivity contribution in [1.82, 2.24) is 10.5 Å². The van der Waals surface area contributed by atoms with Crippen molar-refractivity contribution in [2.45, 2.75) is 26.8 Å². The molecule has 0 bridgehead atoms. The zero-order valence-corrected chi connectivity index (χ0v) is 11.2. The summed E-state index contributed by atoms with van der Waals surface area (Å²) in [6.45, 7) is 4.68. The third-order valence-corrected chi connectivity index (χ3v) is 2.70. The highest BCUT2D eigenvalue weighted by molar-refractivity contribution is 5.92. The first kappa shape index (κ1) is 13.3. The quantitative estimate of drug-likeness (QED) is 0.897. The summed E-state index contributed by atoms with van der Waals surface area (Å²) < 4.78 is 5.14. The zero-order valence-electron chi connectivity index (χ0n) is 11.2. The van der Waals surface area contributed by atoms with Crippen molar-refractivity contribution < 1.29 is 9.32 Å². The van der Waals surface area contributed by atoms with Crippen LogP contribution in [0.3, 0.4) is 0 Å². The number of hydrogen-bond donors (Lipinski definition) is 1. The molecule has 1 aromatic heterocycles. The van der Waals surface area contributed by atoms with Crippen LogP contribution >= 0.6 is 0 Å². The van der Waals surface area contributed by atoms with Gasteiger partial charge in [-0.1, -0.05) is 49.3 Å². The molecular weight excluding hydrogens is 240 g/mol. The topological polar surface area (TPSA) is 55.1 Å². The first-order valence-electron chi connectivity index (χ1n) is 6.43. The Labute approximate surface area is 112 Å². The van der Waals surface area contributed by atoms with Gasteiger partial charge >= 0.3 is 0 Å². The van der Waals surface area contributed by atoms with E-state index in [1.807, 2.05) is 30.3 Å². The third-order valence-electron chi connectivity index (χ3n) is 2.70. The Balaban J connectivity index is 1.91. The van der Waals surface area contributed by atoms with E-state index >= 15 is 0 Å². The summed E-state index contributed by atoms with van der Waals surface area (Å²) in [5.74, 6) is 1.02. The van der Waals surface area contributed by atoms with E-state index in [9.17, 15) is 4.79 Å². The first-order chi connectivity index (χ1) is 9.15. The molecule has 19 heavy (non-hydrogen) atoms. The van der Waals surface area contributed by atoms with Gasteiger partial charge in [-0.15, -0.1) is 0 Å². The maximum Gasteiger partial charge on any atom is 0.273 e. The molecule has 1 heterocycles. The molecule has 1 aromatic carbocycles. The number of aromatic nitrogens is 1. The normalized spacial score (nSPS) is 10.7. The van der Waals surface area contributed by atoms with Gasteiger partial charge in [0.2, 0.25) is 0 Å². The Morgan fingerprint density at radius 2 is 2.05 bits per heavy atom. The minimum atomic E-state index is -0.206. The van der Waals surface area contributed by atoms with Gasteiger partial charge in [0.1, 0.15) is 5.76 Å². The van der Waals surface area contributed by atoms with Gasteiger partial charge < -0.3 is 9.84 Å². The summed E-state index contributed by atoms with van der Waals surface area (Å²) in [4.78, 5) is 11.9. The molecule has 0 fully saturated rings. The fourth-order valence-electron chi connectivity index (χ4n) is 1.79. The lowest BCUT2D eigenvalue weighted by Gasteiger charge is -2.02. The Morgan fingerprint density at radius 3 is 2.74 bits per heavy atom. The molecule has 100 valence electrons. The van der Waals surface area contributed by atoms with Crippen LogP contribution in [0, 0.1) is 5.92 Å². The van der Waals surface area contributed by atoms with E-state index in [0.29, 0.717) is 18.2 Å². The standard InChI is InChI=1S/C15H18N2O2/c1-11(2)8-13-9-14(17-19-13)15(18)16-10-12-6-4-3-5-7-12/h3-7,9,11H,8,10H2,1-2H3,(H,16,18). The molecule has 2 aromatic rings. The number of nitrogens with one attached hydrogen (secondary N) is 1. The van der Waals surface area contributed by atoms with Crippen LogP contribution in [-0.4, -0.2) is 11.1 Å². The average molecular weight is 258 g/mol. The maximum absolute atomic E-state index is 11.9. The molecule has 0 spiro atoms. The molecule has 4 heteroatoms. The van der Waals surface area contributed by atoms with Crippen molar-refractivity contribution in [3.8, 4) is 0 Å². The summed E-state index contributed by atoms with van der Waals surface area (Å²) in [6, 6.07) is 11.5. The molecule has 0 saturated heterocycles. The summed E-state index contributed by atoms with van der Waals surface area (Å²) in [5.41, 5.74) is 1.40. The molecule has 0 unspecified atom stereocenters. The Hall–Kier alpha value is -2.10. The summed E-state index contributed by atoms with van der Waals surface area (Å²) in [5, 5.41) is 6.61. The highest BCUT2D eigenvalue weighted by Crippen LogP contribution is 2.10. The van der Waals surface area contributed by atoms with Crippen molar-refractivity contribution in [1.29, 1.82) is 0 Å². The molecule has 0 saturated carbocycles. The Kier molecular flexibility index (Phi) is 4.34. The smallest absolute Gasteiger partial charge is 0.273 e. The van der Waals surface area contributed by atoms with Crippen LogP contribution in [0.15, 0.2) is 40.9 Å². The number of hydrogen-bond acceptors (Lipinski definition) is 3. The summed E-state index contributed by atoms with van der Waals surface area (Å²) >= 11 is 0. The van der Waals surface area contributed by atoms with E-state index < -0.39 is 0 Å². The lowest BCUT2D eigenvalue weighted by Crippen LogP contribution is -2.22. The number of amides is 1. The van der Waals surface area contributed by atoms with Gasteiger partial charge in [-0.3, -0.25) is 4.79 Å². The van der Waals surface area contributed by atoms with Crippen molar-refractivity contribution in [2.75, 3.05) is 0 Å². The van der Waals surface area contributed by atoms with Crippen molar-refractivity contribution in [3.63, 3.8) is 0 Å².